The summed E-state index contributed by atoms with van der Waals surface area (Å²) >= 11 is 0. The third-order valence-electron chi connectivity index (χ3n) is 8.34. The van der Waals surface area contributed by atoms with Crippen molar-refractivity contribution in [3.05, 3.63) is 187 Å². The van der Waals surface area contributed by atoms with Crippen LogP contribution in [-0.4, -0.2) is 23.9 Å². The Kier molecular flexibility index (Phi) is 12.6. The molecule has 2 N–H and O–H groups in total. The van der Waals surface area contributed by atoms with Crippen LogP contribution < -0.4 is 26.1 Å². The molecule has 0 spiro atoms. The first-order chi connectivity index (χ1) is 23.8. The van der Waals surface area contributed by atoms with Gasteiger partial charge in [-0.1, -0.05) is 121 Å². The zero-order valence-corrected chi connectivity index (χ0v) is 30.8. The van der Waals surface area contributed by atoms with Crippen molar-refractivity contribution in [1.29, 1.82) is 0 Å². The van der Waals surface area contributed by atoms with Gasteiger partial charge in [0.05, 0.1) is 5.30 Å². The molecule has 0 aliphatic heterocycles. The summed E-state index contributed by atoms with van der Waals surface area (Å²) < 4.78 is 13.6. The van der Waals surface area contributed by atoms with E-state index in [0.717, 1.165) is 27.9 Å². The van der Waals surface area contributed by atoms with Gasteiger partial charge < -0.3 is 45.0 Å². The van der Waals surface area contributed by atoms with Crippen molar-refractivity contribution in [3.63, 3.8) is 0 Å². The van der Waals surface area contributed by atoms with Crippen LogP contribution in [0.4, 0.5) is 5.69 Å². The van der Waals surface area contributed by atoms with Crippen LogP contribution in [0.1, 0.15) is 11.1 Å². The van der Waals surface area contributed by atoms with Gasteiger partial charge in [0, 0.05) is 48.0 Å². The van der Waals surface area contributed by atoms with E-state index in [1.165, 1.54) is 15.9 Å². The SMILES string of the molecule is CN(C)c1cc(C[c-]2cccc2P(c2ccccc2)c2ccccc2)c(P(=O)(O)O)c(-c2ccccc2)c1-c1ccccc1.[Fe].[cH-]1[cH-][cH-][cH-][cH-]1. The van der Waals surface area contributed by atoms with E-state index in [1.54, 1.807) is 0 Å². The standard InChI is InChI=1S/C38H34NO3P2.C5H5.Fe/c1-39(2)34-27-31(26-30-20-15-25-35(30)43(32-21-11-5-12-22-32)33-23-13-6-14-24-33)38(44(40,41)42)37(29-18-9-4-10-19-29)36(34)28-16-7-3-8-17-28;1-2-4-5-3-1;/h3-25,27H,26H2,1-2H3,(H2,40,41,42);1-5H;/q-1;-5;. The Labute approximate surface area is 307 Å². The smallest absolute Gasteiger partial charge is 0.357 e. The van der Waals surface area contributed by atoms with Gasteiger partial charge in [-0.15, -0.1) is 10.9 Å². The van der Waals surface area contributed by atoms with Gasteiger partial charge in [0.15, 0.2) is 0 Å². The summed E-state index contributed by atoms with van der Waals surface area (Å²) in [4.78, 5) is 24.2. The summed E-state index contributed by atoms with van der Waals surface area (Å²) in [5.74, 6) is 0. The molecule has 0 aromatic heterocycles. The first-order valence-corrected chi connectivity index (χ1v) is 19.1. The normalized spacial score (nSPS) is 11.0. The molecule has 0 saturated carbocycles. The maximum Gasteiger partial charge on any atom is 0.357 e. The molecule has 4 nitrogen and oxygen atoms in total. The quantitative estimate of drug-likeness (QED) is 0.0890. The van der Waals surface area contributed by atoms with Gasteiger partial charge in [-0.2, -0.15) is 6.07 Å². The maximum atomic E-state index is 13.6. The average Bonchev–Trinajstić information content (AvgIpc) is 3.86. The molecule has 0 amide bonds. The molecule has 0 aliphatic carbocycles. The number of anilines is 1. The zero-order valence-electron chi connectivity index (χ0n) is 27.9. The monoisotopic (exact) mass is 735 g/mol. The van der Waals surface area contributed by atoms with Crippen molar-refractivity contribution in [2.45, 2.75) is 6.42 Å². The Morgan fingerprint density at radius 2 is 1.08 bits per heavy atom. The van der Waals surface area contributed by atoms with Crippen LogP contribution in [0.3, 0.4) is 0 Å². The average molecular weight is 736 g/mol. The van der Waals surface area contributed by atoms with E-state index in [4.69, 9.17) is 0 Å². The first-order valence-electron chi connectivity index (χ1n) is 16.2. The van der Waals surface area contributed by atoms with E-state index in [0.29, 0.717) is 17.5 Å². The van der Waals surface area contributed by atoms with Crippen LogP contribution in [0.15, 0.2) is 176 Å². The molecule has 50 heavy (non-hydrogen) atoms. The van der Waals surface area contributed by atoms with E-state index in [9.17, 15) is 14.4 Å². The van der Waals surface area contributed by atoms with Crippen LogP contribution in [0.2, 0.25) is 0 Å². The molecule has 0 bridgehead atoms. The van der Waals surface area contributed by atoms with Gasteiger partial charge in [-0.25, -0.2) is 12.1 Å². The summed E-state index contributed by atoms with van der Waals surface area (Å²) in [6, 6.07) is 58.8. The fraction of sp³-hybridized carbons (Fsp3) is 0.0698. The van der Waals surface area contributed by atoms with Crippen LogP contribution >= 0.6 is 15.5 Å². The van der Waals surface area contributed by atoms with Crippen molar-refractivity contribution in [2.75, 3.05) is 19.0 Å². The van der Waals surface area contributed by atoms with Crippen molar-refractivity contribution in [3.8, 4) is 22.3 Å². The number of benzene rings is 5. The molecular formula is C43H39FeNO3P2-6. The van der Waals surface area contributed by atoms with Crippen LogP contribution in [-0.2, 0) is 28.1 Å². The van der Waals surface area contributed by atoms with E-state index >= 15 is 0 Å². The molecule has 0 atom stereocenters. The first kappa shape index (κ1) is 37.0. The van der Waals surface area contributed by atoms with Gasteiger partial charge in [-0.05, 0) is 47.7 Å². The molecule has 0 aliphatic rings. The summed E-state index contributed by atoms with van der Waals surface area (Å²) in [7, 11) is -1.66. The molecule has 0 radical (unpaired) electrons. The van der Waals surface area contributed by atoms with Crippen LogP contribution in [0.5, 0.6) is 0 Å². The molecule has 7 aromatic rings. The molecule has 7 rings (SSSR count). The number of hydrogen-bond acceptors (Lipinski definition) is 2. The van der Waals surface area contributed by atoms with Crippen molar-refractivity contribution in [1.82, 2.24) is 0 Å². The Morgan fingerprint density at radius 1 is 0.640 bits per heavy atom. The Hall–Kier alpha value is -4.30. The number of hydrogen-bond donors (Lipinski definition) is 2. The van der Waals surface area contributed by atoms with Crippen molar-refractivity contribution >= 4 is 42.4 Å². The fourth-order valence-electron chi connectivity index (χ4n) is 6.24. The molecule has 258 valence electrons. The van der Waals surface area contributed by atoms with E-state index in [1.807, 2.05) is 128 Å². The Bertz CT molecular complexity index is 2050. The van der Waals surface area contributed by atoms with Gasteiger partial charge in [0.1, 0.15) is 0 Å². The minimum atomic E-state index is -4.74. The molecule has 0 saturated heterocycles. The van der Waals surface area contributed by atoms with E-state index < -0.39 is 15.5 Å². The summed E-state index contributed by atoms with van der Waals surface area (Å²) in [6.07, 6.45) is 0.386. The number of rotatable bonds is 9. The van der Waals surface area contributed by atoms with Crippen molar-refractivity contribution in [2.24, 2.45) is 0 Å². The minimum absolute atomic E-state index is 0. The Morgan fingerprint density at radius 3 is 1.52 bits per heavy atom. The summed E-state index contributed by atoms with van der Waals surface area (Å²) in [5.41, 5.74) is 5.66. The molecule has 0 unspecified atom stereocenters. The summed E-state index contributed by atoms with van der Waals surface area (Å²) in [5, 5.41) is 3.74. The predicted octanol–water partition coefficient (Wildman–Crippen LogP) is 8.36. The maximum absolute atomic E-state index is 13.6. The second-order valence-corrected chi connectivity index (χ2v) is 15.6. The van der Waals surface area contributed by atoms with Gasteiger partial charge in [0.2, 0.25) is 0 Å². The van der Waals surface area contributed by atoms with Crippen LogP contribution in [0.25, 0.3) is 22.3 Å². The molecule has 0 heterocycles. The second kappa shape index (κ2) is 17.1. The van der Waals surface area contributed by atoms with Crippen LogP contribution in [0, 0.1) is 0 Å². The predicted molar refractivity (Wildman–Crippen MR) is 209 cm³/mol. The molecule has 0 fully saturated rings. The third kappa shape index (κ3) is 8.52. The topological polar surface area (TPSA) is 60.8 Å². The fourth-order valence-corrected chi connectivity index (χ4v) is 9.76. The largest absolute Gasteiger partial charge is 0.748 e. The molecule has 7 aromatic carbocycles. The van der Waals surface area contributed by atoms with Gasteiger partial charge >= 0.3 is 7.60 Å². The van der Waals surface area contributed by atoms with Gasteiger partial charge in [0.25, 0.3) is 0 Å². The molecular weight excluding hydrogens is 696 g/mol. The van der Waals surface area contributed by atoms with Gasteiger partial charge in [-0.3, -0.25) is 4.57 Å². The van der Waals surface area contributed by atoms with E-state index in [2.05, 4.69) is 66.7 Å². The Balaban J connectivity index is 0.000000745. The zero-order chi connectivity index (χ0) is 34.2. The van der Waals surface area contributed by atoms with Crippen molar-refractivity contribution < 1.29 is 31.4 Å². The number of nitrogens with zero attached hydrogens (tertiary/aromatic N) is 1. The second-order valence-electron chi connectivity index (χ2n) is 11.9. The summed E-state index contributed by atoms with van der Waals surface area (Å²) in [6.45, 7) is 0. The third-order valence-corrected chi connectivity index (χ3v) is 12.0. The molecule has 7 heteroatoms. The minimum Gasteiger partial charge on any atom is -0.748 e. The van der Waals surface area contributed by atoms with E-state index in [-0.39, 0.29) is 22.4 Å².